The molecule has 2 nitrogen and oxygen atoms in total. The van der Waals surface area contributed by atoms with Gasteiger partial charge in [-0.3, -0.25) is 4.90 Å². The zero-order chi connectivity index (χ0) is 16.4. The Balaban J connectivity index is 2.23. The van der Waals surface area contributed by atoms with Gasteiger partial charge in [0.1, 0.15) is 0 Å². The van der Waals surface area contributed by atoms with Crippen LogP contribution < -0.4 is 5.32 Å². The van der Waals surface area contributed by atoms with Crippen LogP contribution in [-0.2, 0) is 6.18 Å². The van der Waals surface area contributed by atoms with Crippen LogP contribution >= 0.6 is 0 Å². The Hall–Kier alpha value is -1.28. The van der Waals surface area contributed by atoms with Crippen LogP contribution in [0.4, 0.5) is 26.3 Å². The van der Waals surface area contributed by atoms with E-state index in [1.165, 1.54) is 0 Å². The van der Waals surface area contributed by atoms with Crippen molar-refractivity contribution in [3.63, 3.8) is 0 Å². The van der Waals surface area contributed by atoms with Crippen molar-refractivity contribution in [2.24, 2.45) is 0 Å². The van der Waals surface area contributed by atoms with Crippen LogP contribution in [0, 0.1) is 0 Å². The van der Waals surface area contributed by atoms with Gasteiger partial charge < -0.3 is 5.32 Å². The molecule has 0 unspecified atom stereocenters. The summed E-state index contributed by atoms with van der Waals surface area (Å²) in [6, 6.07) is 2.99. The molecule has 0 spiro atoms. The number of piperazine rings is 1. The first-order chi connectivity index (χ1) is 10.2. The minimum Gasteiger partial charge on any atom is -0.314 e. The maximum absolute atomic E-state index is 12.8. The number of halogens is 6. The summed E-state index contributed by atoms with van der Waals surface area (Å²) in [5, 5.41) is 3.04. The molecule has 0 aliphatic carbocycles. The second-order valence-corrected chi connectivity index (χ2v) is 5.24. The highest BCUT2D eigenvalue weighted by Crippen LogP contribution is 2.35. The van der Waals surface area contributed by atoms with Gasteiger partial charge in [0.15, 0.2) is 0 Å². The lowest BCUT2D eigenvalue weighted by Gasteiger charge is -2.35. The molecule has 1 atom stereocenters. The van der Waals surface area contributed by atoms with E-state index in [-0.39, 0.29) is 5.56 Å². The van der Waals surface area contributed by atoms with E-state index >= 15 is 0 Å². The van der Waals surface area contributed by atoms with E-state index in [9.17, 15) is 26.3 Å². The van der Waals surface area contributed by atoms with Crippen LogP contribution in [0.3, 0.4) is 0 Å². The molecule has 0 radical (unpaired) electrons. The van der Waals surface area contributed by atoms with Crippen molar-refractivity contribution in [3.05, 3.63) is 35.4 Å². The highest BCUT2D eigenvalue weighted by molar-refractivity contribution is 5.27. The van der Waals surface area contributed by atoms with Crippen molar-refractivity contribution in [1.82, 2.24) is 10.2 Å². The molecule has 1 fully saturated rings. The first-order valence-corrected chi connectivity index (χ1v) is 6.85. The fourth-order valence-electron chi connectivity index (χ4n) is 2.57. The molecular formula is C14H16F6N2. The van der Waals surface area contributed by atoms with Crippen LogP contribution in [-0.4, -0.2) is 37.3 Å². The molecule has 1 aromatic rings. The Morgan fingerprint density at radius 3 is 1.95 bits per heavy atom. The fourth-order valence-corrected chi connectivity index (χ4v) is 2.57. The van der Waals surface area contributed by atoms with E-state index < -0.39 is 30.4 Å². The summed E-state index contributed by atoms with van der Waals surface area (Å²) in [4.78, 5) is 1.66. The average Bonchev–Trinajstić information content (AvgIpc) is 2.44. The lowest BCUT2D eigenvalue weighted by Crippen LogP contribution is -2.46. The molecule has 1 N–H and O–H groups in total. The van der Waals surface area contributed by atoms with Gasteiger partial charge in [0.25, 0.3) is 0 Å². The van der Waals surface area contributed by atoms with E-state index in [0.717, 1.165) is 24.3 Å². The minimum absolute atomic E-state index is 0.257. The number of benzene rings is 1. The van der Waals surface area contributed by atoms with Gasteiger partial charge in [-0.05, 0) is 17.7 Å². The molecule has 0 bridgehead atoms. The van der Waals surface area contributed by atoms with Crippen molar-refractivity contribution in [1.29, 1.82) is 0 Å². The zero-order valence-corrected chi connectivity index (χ0v) is 11.6. The molecule has 22 heavy (non-hydrogen) atoms. The van der Waals surface area contributed by atoms with Crippen molar-refractivity contribution in [2.75, 3.05) is 26.2 Å². The van der Waals surface area contributed by atoms with Gasteiger partial charge in [-0.2, -0.15) is 26.3 Å². The fraction of sp³-hybridized carbons (Fsp3) is 0.571. The molecule has 1 aliphatic rings. The van der Waals surface area contributed by atoms with Crippen LogP contribution in [0.2, 0.25) is 0 Å². The van der Waals surface area contributed by atoms with Gasteiger partial charge in [-0.15, -0.1) is 0 Å². The van der Waals surface area contributed by atoms with E-state index in [1.807, 2.05) is 0 Å². The van der Waals surface area contributed by atoms with Crippen molar-refractivity contribution in [3.8, 4) is 0 Å². The number of hydrogen-bond acceptors (Lipinski definition) is 2. The molecule has 2 rings (SSSR count). The van der Waals surface area contributed by atoms with Crippen LogP contribution in [0.5, 0.6) is 0 Å². The van der Waals surface area contributed by atoms with Gasteiger partial charge in [0.05, 0.1) is 12.0 Å². The number of nitrogens with zero attached hydrogens (tertiary/aromatic N) is 1. The summed E-state index contributed by atoms with van der Waals surface area (Å²) < 4.78 is 76.0. The third-order valence-corrected chi connectivity index (χ3v) is 3.64. The SMILES string of the molecule is FC(F)(F)C[C@H](c1ccc(C(F)(F)F)cc1)N1CCNCC1. The highest BCUT2D eigenvalue weighted by Gasteiger charge is 2.36. The summed E-state index contributed by atoms with van der Waals surface area (Å²) >= 11 is 0. The predicted octanol–water partition coefficient (Wildman–Crippen LogP) is 3.60. The maximum atomic E-state index is 12.8. The lowest BCUT2D eigenvalue weighted by atomic mass is 9.99. The normalized spacial score (nSPS) is 19.2. The van der Waals surface area contributed by atoms with Gasteiger partial charge in [-0.1, -0.05) is 12.1 Å². The summed E-state index contributed by atoms with van der Waals surface area (Å²) in [5.74, 6) is 0. The molecule has 0 amide bonds. The van der Waals surface area contributed by atoms with Crippen molar-refractivity contribution < 1.29 is 26.3 Å². The van der Waals surface area contributed by atoms with Gasteiger partial charge in [0, 0.05) is 32.2 Å². The summed E-state index contributed by atoms with van der Waals surface area (Å²) in [6.45, 7) is 1.99. The number of nitrogens with one attached hydrogen (secondary N) is 1. The van der Waals surface area contributed by atoms with Crippen LogP contribution in [0.15, 0.2) is 24.3 Å². The quantitative estimate of drug-likeness (QED) is 0.854. The largest absolute Gasteiger partial charge is 0.416 e. The van der Waals surface area contributed by atoms with Crippen molar-refractivity contribution >= 4 is 0 Å². The molecule has 1 heterocycles. The third kappa shape index (κ3) is 4.61. The smallest absolute Gasteiger partial charge is 0.314 e. The Kier molecular flexibility index (Phi) is 5.01. The second-order valence-electron chi connectivity index (χ2n) is 5.24. The maximum Gasteiger partial charge on any atom is 0.416 e. The molecule has 0 aromatic heterocycles. The average molecular weight is 326 g/mol. The first-order valence-electron chi connectivity index (χ1n) is 6.85. The lowest BCUT2D eigenvalue weighted by molar-refractivity contribution is -0.149. The topological polar surface area (TPSA) is 15.3 Å². The van der Waals surface area contributed by atoms with E-state index in [4.69, 9.17) is 0 Å². The molecule has 1 saturated heterocycles. The number of hydrogen-bond donors (Lipinski definition) is 1. The summed E-state index contributed by atoms with van der Waals surface area (Å²) in [7, 11) is 0. The van der Waals surface area contributed by atoms with E-state index in [2.05, 4.69) is 5.32 Å². The van der Waals surface area contributed by atoms with Gasteiger partial charge >= 0.3 is 12.4 Å². The molecule has 0 saturated carbocycles. The Morgan fingerprint density at radius 2 is 1.50 bits per heavy atom. The summed E-state index contributed by atoms with van der Waals surface area (Å²) in [5.41, 5.74) is -0.602. The van der Waals surface area contributed by atoms with Crippen LogP contribution in [0.25, 0.3) is 0 Å². The predicted molar refractivity (Wildman–Crippen MR) is 69.3 cm³/mol. The number of rotatable bonds is 3. The van der Waals surface area contributed by atoms with E-state index in [0.29, 0.717) is 26.2 Å². The Morgan fingerprint density at radius 1 is 0.955 bits per heavy atom. The number of alkyl halides is 6. The monoisotopic (exact) mass is 326 g/mol. The van der Waals surface area contributed by atoms with Crippen LogP contribution in [0.1, 0.15) is 23.6 Å². The van der Waals surface area contributed by atoms with Crippen molar-refractivity contribution in [2.45, 2.75) is 24.8 Å². The first kappa shape index (κ1) is 17.1. The van der Waals surface area contributed by atoms with Gasteiger partial charge in [0.2, 0.25) is 0 Å². The third-order valence-electron chi connectivity index (χ3n) is 3.64. The molecular weight excluding hydrogens is 310 g/mol. The summed E-state index contributed by atoms with van der Waals surface area (Å²) in [6.07, 6.45) is -9.94. The van der Waals surface area contributed by atoms with Gasteiger partial charge in [-0.25, -0.2) is 0 Å². The molecule has 1 aromatic carbocycles. The Labute approximate surface area is 124 Å². The Bertz CT molecular complexity index is 474. The highest BCUT2D eigenvalue weighted by atomic mass is 19.4. The minimum atomic E-state index is -4.49. The second kappa shape index (κ2) is 6.45. The molecule has 1 aliphatic heterocycles. The zero-order valence-electron chi connectivity index (χ0n) is 11.6. The van der Waals surface area contributed by atoms with E-state index in [1.54, 1.807) is 4.90 Å². The molecule has 124 valence electrons. The molecule has 8 heteroatoms. The standard InChI is InChI=1S/C14H16F6N2/c15-13(16,17)9-12(22-7-5-21-6-8-22)10-1-3-11(4-2-10)14(18,19)20/h1-4,12,21H,5-9H2/t12-/m1/s1.